The molecule has 0 fully saturated rings. The first-order valence-corrected chi connectivity index (χ1v) is 4.25. The zero-order chi connectivity index (χ0) is 11.3. The Morgan fingerprint density at radius 3 is 2.60 bits per heavy atom. The number of amides is 1. The number of aromatic hydroxyl groups is 1. The van der Waals surface area contributed by atoms with Gasteiger partial charge in [0.15, 0.2) is 5.52 Å². The number of fused-ring (bicyclic) bond motifs is 1. The van der Waals surface area contributed by atoms with Crippen molar-refractivity contribution in [3.63, 3.8) is 0 Å². The van der Waals surface area contributed by atoms with E-state index in [1.807, 2.05) is 0 Å². The number of aromatic nitrogens is 3. The van der Waals surface area contributed by atoms with E-state index in [1.165, 1.54) is 4.90 Å². The van der Waals surface area contributed by atoms with E-state index >= 15 is 0 Å². The van der Waals surface area contributed by atoms with Gasteiger partial charge in [-0.3, -0.25) is 4.79 Å². The number of rotatable bonds is 1. The monoisotopic (exact) mass is 208 g/mol. The summed E-state index contributed by atoms with van der Waals surface area (Å²) >= 11 is 0. The standard InChI is InChI=1S/C6H5N3O.C3H7NO/c10-5-3-1-2-4-6(5)8-9-7-4;1-4(2)3-5/h1-3,10H,(H,7,8,9);3H,1-2H3. The minimum Gasteiger partial charge on any atom is -0.506 e. The third-order valence-corrected chi connectivity index (χ3v) is 1.54. The van der Waals surface area contributed by atoms with E-state index in [-0.39, 0.29) is 5.75 Å². The quantitative estimate of drug-likeness (QED) is 0.663. The molecule has 0 unspecified atom stereocenters. The molecule has 1 heterocycles. The van der Waals surface area contributed by atoms with E-state index in [0.717, 1.165) is 6.41 Å². The number of phenols is 1. The third-order valence-electron chi connectivity index (χ3n) is 1.54. The third kappa shape index (κ3) is 2.94. The van der Waals surface area contributed by atoms with Crippen LogP contribution in [0.15, 0.2) is 18.2 Å². The lowest BCUT2D eigenvalue weighted by Crippen LogP contribution is -2.06. The lowest BCUT2D eigenvalue weighted by atomic mass is 10.3. The number of aromatic amines is 1. The zero-order valence-electron chi connectivity index (χ0n) is 8.51. The Bertz CT molecular complexity index is 438. The van der Waals surface area contributed by atoms with Crippen molar-refractivity contribution >= 4 is 17.4 Å². The van der Waals surface area contributed by atoms with E-state index < -0.39 is 0 Å². The molecule has 0 aliphatic rings. The molecule has 0 saturated heterocycles. The van der Waals surface area contributed by atoms with E-state index in [0.29, 0.717) is 11.0 Å². The van der Waals surface area contributed by atoms with Gasteiger partial charge in [0.1, 0.15) is 11.3 Å². The largest absolute Gasteiger partial charge is 0.506 e. The summed E-state index contributed by atoms with van der Waals surface area (Å²) in [6, 6.07) is 5.07. The Kier molecular flexibility index (Phi) is 3.61. The average Bonchev–Trinajstić information content (AvgIpc) is 2.68. The molecule has 0 radical (unpaired) electrons. The molecule has 2 aromatic rings. The van der Waals surface area contributed by atoms with Crippen molar-refractivity contribution in [2.45, 2.75) is 0 Å². The summed E-state index contributed by atoms with van der Waals surface area (Å²) in [4.78, 5) is 10.9. The van der Waals surface area contributed by atoms with Gasteiger partial charge in [-0.2, -0.15) is 15.4 Å². The first kappa shape index (κ1) is 11.0. The van der Waals surface area contributed by atoms with E-state index in [9.17, 15) is 4.79 Å². The summed E-state index contributed by atoms with van der Waals surface area (Å²) in [5.74, 6) is 0.159. The molecular formula is C9H12N4O2. The van der Waals surface area contributed by atoms with Crippen molar-refractivity contribution in [2.24, 2.45) is 0 Å². The maximum atomic E-state index is 9.43. The molecule has 80 valence electrons. The minimum atomic E-state index is 0.159. The number of para-hydroxylation sites is 1. The van der Waals surface area contributed by atoms with E-state index in [1.54, 1.807) is 32.3 Å². The summed E-state index contributed by atoms with van der Waals surface area (Å²) in [7, 11) is 3.38. The SMILES string of the molecule is CN(C)C=O.Oc1cccc2n[nH]nc12. The van der Waals surface area contributed by atoms with Gasteiger partial charge in [0.05, 0.1) is 0 Å². The lowest BCUT2D eigenvalue weighted by Gasteiger charge is -1.93. The molecule has 1 aromatic carbocycles. The van der Waals surface area contributed by atoms with Gasteiger partial charge in [0.2, 0.25) is 6.41 Å². The van der Waals surface area contributed by atoms with Gasteiger partial charge in [-0.05, 0) is 12.1 Å². The second kappa shape index (κ2) is 4.94. The molecular weight excluding hydrogens is 196 g/mol. The molecule has 0 aliphatic carbocycles. The molecule has 1 amide bonds. The van der Waals surface area contributed by atoms with Crippen LogP contribution >= 0.6 is 0 Å². The highest BCUT2D eigenvalue weighted by Gasteiger charge is 1.99. The second-order valence-corrected chi connectivity index (χ2v) is 3.04. The molecule has 2 N–H and O–H groups in total. The summed E-state index contributed by atoms with van der Waals surface area (Å²) in [5, 5.41) is 19.1. The number of phenolic OH excluding ortho intramolecular Hbond substituents is 1. The molecule has 6 heteroatoms. The van der Waals surface area contributed by atoms with Gasteiger partial charge in [-0.15, -0.1) is 0 Å². The van der Waals surface area contributed by atoms with Crippen molar-refractivity contribution in [2.75, 3.05) is 14.1 Å². The zero-order valence-corrected chi connectivity index (χ0v) is 8.51. The van der Waals surface area contributed by atoms with Gasteiger partial charge < -0.3 is 10.0 Å². The van der Waals surface area contributed by atoms with E-state index in [2.05, 4.69) is 15.4 Å². The lowest BCUT2D eigenvalue weighted by molar-refractivity contribution is -0.115. The summed E-state index contributed by atoms with van der Waals surface area (Å²) < 4.78 is 0. The molecule has 0 spiro atoms. The number of H-pyrrole nitrogens is 1. The van der Waals surface area contributed by atoms with Crippen LogP contribution < -0.4 is 0 Å². The predicted octanol–water partition coefficient (Wildman–Crippen LogP) is 0.368. The fourth-order valence-corrected chi connectivity index (χ4v) is 0.853. The van der Waals surface area contributed by atoms with Gasteiger partial charge >= 0.3 is 0 Å². The van der Waals surface area contributed by atoms with Crippen molar-refractivity contribution in [3.8, 4) is 5.75 Å². The molecule has 0 atom stereocenters. The van der Waals surface area contributed by atoms with Crippen LogP contribution in [0, 0.1) is 0 Å². The van der Waals surface area contributed by atoms with Crippen LogP contribution in [0.2, 0.25) is 0 Å². The van der Waals surface area contributed by atoms with Gasteiger partial charge in [0.25, 0.3) is 0 Å². The van der Waals surface area contributed by atoms with Gasteiger partial charge in [-0.1, -0.05) is 6.07 Å². The molecule has 1 aromatic heterocycles. The molecule has 6 nitrogen and oxygen atoms in total. The van der Waals surface area contributed by atoms with Crippen molar-refractivity contribution in [1.29, 1.82) is 0 Å². The van der Waals surface area contributed by atoms with Crippen LogP contribution in [0.1, 0.15) is 0 Å². The Morgan fingerprint density at radius 2 is 2.07 bits per heavy atom. The van der Waals surface area contributed by atoms with Crippen molar-refractivity contribution < 1.29 is 9.90 Å². The Labute approximate surface area is 86.5 Å². The number of hydrogen-bond acceptors (Lipinski definition) is 4. The van der Waals surface area contributed by atoms with Crippen LogP contribution in [0.3, 0.4) is 0 Å². The predicted molar refractivity (Wildman–Crippen MR) is 55.3 cm³/mol. The number of nitrogens with zero attached hydrogens (tertiary/aromatic N) is 3. The molecule has 2 rings (SSSR count). The number of benzene rings is 1. The molecule has 0 aliphatic heterocycles. The first-order valence-electron chi connectivity index (χ1n) is 4.25. The first-order chi connectivity index (χ1) is 7.15. The van der Waals surface area contributed by atoms with Crippen molar-refractivity contribution in [3.05, 3.63) is 18.2 Å². The van der Waals surface area contributed by atoms with Gasteiger partial charge in [-0.25, -0.2) is 0 Å². The molecule has 0 bridgehead atoms. The maximum Gasteiger partial charge on any atom is 0.209 e. The summed E-state index contributed by atoms with van der Waals surface area (Å²) in [5.41, 5.74) is 1.20. The number of carbonyl (C=O) groups excluding carboxylic acids is 1. The fourth-order valence-electron chi connectivity index (χ4n) is 0.853. The van der Waals surface area contributed by atoms with Crippen LogP contribution in [0.4, 0.5) is 0 Å². The Hall–Kier alpha value is -2.11. The average molecular weight is 208 g/mol. The Balaban J connectivity index is 0.000000195. The normalized spacial score (nSPS) is 9.20. The van der Waals surface area contributed by atoms with Crippen molar-refractivity contribution in [1.82, 2.24) is 20.3 Å². The topological polar surface area (TPSA) is 82.1 Å². The second-order valence-electron chi connectivity index (χ2n) is 3.04. The minimum absolute atomic E-state index is 0.159. The summed E-state index contributed by atoms with van der Waals surface area (Å²) in [6.45, 7) is 0. The fraction of sp³-hybridized carbons (Fsp3) is 0.222. The van der Waals surface area contributed by atoms with E-state index in [4.69, 9.17) is 5.11 Å². The highest BCUT2D eigenvalue weighted by atomic mass is 16.3. The smallest absolute Gasteiger partial charge is 0.209 e. The maximum absolute atomic E-state index is 9.43. The number of nitrogens with one attached hydrogen (secondary N) is 1. The Morgan fingerprint density at radius 1 is 1.40 bits per heavy atom. The van der Waals surface area contributed by atoms with Crippen LogP contribution in [0.25, 0.3) is 11.0 Å². The van der Waals surface area contributed by atoms with Gasteiger partial charge in [0, 0.05) is 14.1 Å². The summed E-state index contributed by atoms with van der Waals surface area (Å²) in [6.07, 6.45) is 0.750. The van der Waals surface area contributed by atoms with Crippen LogP contribution in [-0.4, -0.2) is 45.9 Å². The van der Waals surface area contributed by atoms with Crippen LogP contribution in [-0.2, 0) is 4.79 Å². The molecule has 0 saturated carbocycles. The number of hydrogen-bond donors (Lipinski definition) is 2. The highest BCUT2D eigenvalue weighted by molar-refractivity contribution is 5.79. The highest BCUT2D eigenvalue weighted by Crippen LogP contribution is 2.18. The molecule has 15 heavy (non-hydrogen) atoms. The number of carbonyl (C=O) groups is 1. The van der Waals surface area contributed by atoms with Crippen LogP contribution in [0.5, 0.6) is 5.75 Å².